The highest BCUT2D eigenvalue weighted by atomic mass is 19.4. The van der Waals surface area contributed by atoms with Crippen molar-refractivity contribution in [3.05, 3.63) is 24.3 Å². The number of benzene rings is 1. The van der Waals surface area contributed by atoms with Gasteiger partial charge in [-0.3, -0.25) is 0 Å². The molecule has 0 heterocycles. The van der Waals surface area contributed by atoms with Crippen molar-refractivity contribution in [1.29, 1.82) is 0 Å². The SMILES string of the molecule is CCCCCCC(CCCOc1ccc(N)cc1)C(F)(F)F. The van der Waals surface area contributed by atoms with Crippen LogP contribution in [0, 0.1) is 5.92 Å². The molecule has 0 aliphatic rings. The first-order valence-electron chi connectivity index (χ1n) is 7.98. The number of unbranched alkanes of at least 4 members (excludes halogenated alkanes) is 3. The Hall–Kier alpha value is -1.39. The first kappa shape index (κ1) is 18.7. The van der Waals surface area contributed by atoms with Gasteiger partial charge in [-0.2, -0.15) is 13.2 Å². The molecule has 22 heavy (non-hydrogen) atoms. The van der Waals surface area contributed by atoms with Gasteiger partial charge in [0, 0.05) is 5.69 Å². The molecule has 0 aliphatic heterocycles. The van der Waals surface area contributed by atoms with Crippen molar-refractivity contribution in [3.63, 3.8) is 0 Å². The van der Waals surface area contributed by atoms with Crippen LogP contribution in [0.2, 0.25) is 0 Å². The molecule has 0 bridgehead atoms. The van der Waals surface area contributed by atoms with E-state index in [1.54, 1.807) is 24.3 Å². The first-order chi connectivity index (χ1) is 10.4. The minimum Gasteiger partial charge on any atom is -0.494 e. The Bertz CT molecular complexity index is 403. The summed E-state index contributed by atoms with van der Waals surface area (Å²) in [5, 5.41) is 0. The third kappa shape index (κ3) is 7.57. The molecule has 5 heteroatoms. The molecule has 1 aromatic carbocycles. The van der Waals surface area contributed by atoms with Gasteiger partial charge in [-0.25, -0.2) is 0 Å². The van der Waals surface area contributed by atoms with E-state index in [1.807, 2.05) is 0 Å². The number of hydrogen-bond donors (Lipinski definition) is 1. The topological polar surface area (TPSA) is 35.2 Å². The molecule has 1 rings (SSSR count). The van der Waals surface area contributed by atoms with Crippen molar-refractivity contribution >= 4 is 5.69 Å². The zero-order valence-electron chi connectivity index (χ0n) is 13.2. The summed E-state index contributed by atoms with van der Waals surface area (Å²) in [5.41, 5.74) is 6.19. The van der Waals surface area contributed by atoms with Crippen LogP contribution in [0.4, 0.5) is 18.9 Å². The van der Waals surface area contributed by atoms with Gasteiger partial charge in [0.15, 0.2) is 0 Å². The predicted octanol–water partition coefficient (Wildman–Crippen LogP) is 5.58. The summed E-state index contributed by atoms with van der Waals surface area (Å²) in [6.45, 7) is 2.35. The maximum Gasteiger partial charge on any atom is 0.391 e. The van der Waals surface area contributed by atoms with Crippen LogP contribution in [0.5, 0.6) is 5.75 Å². The lowest BCUT2D eigenvalue weighted by Gasteiger charge is -2.20. The van der Waals surface area contributed by atoms with Crippen LogP contribution in [-0.2, 0) is 0 Å². The lowest BCUT2D eigenvalue weighted by Crippen LogP contribution is -2.23. The molecule has 126 valence electrons. The van der Waals surface area contributed by atoms with Crippen molar-refractivity contribution in [2.75, 3.05) is 12.3 Å². The Morgan fingerprint density at radius 3 is 2.23 bits per heavy atom. The van der Waals surface area contributed by atoms with Crippen molar-refractivity contribution < 1.29 is 17.9 Å². The lowest BCUT2D eigenvalue weighted by atomic mass is 9.95. The zero-order valence-corrected chi connectivity index (χ0v) is 13.2. The maximum absolute atomic E-state index is 13.0. The van der Waals surface area contributed by atoms with E-state index in [2.05, 4.69) is 6.92 Å². The molecule has 0 fully saturated rings. The molecule has 0 radical (unpaired) electrons. The third-order valence-corrected chi connectivity index (χ3v) is 3.71. The van der Waals surface area contributed by atoms with Crippen LogP contribution in [-0.4, -0.2) is 12.8 Å². The molecule has 1 aromatic rings. The molecule has 0 aromatic heterocycles. The van der Waals surface area contributed by atoms with Crippen LogP contribution in [0.25, 0.3) is 0 Å². The van der Waals surface area contributed by atoms with Gasteiger partial charge in [-0.1, -0.05) is 32.6 Å². The summed E-state index contributed by atoms with van der Waals surface area (Å²) in [6, 6.07) is 6.87. The van der Waals surface area contributed by atoms with Crippen LogP contribution in [0.15, 0.2) is 24.3 Å². The average molecular weight is 317 g/mol. The molecular formula is C17H26F3NO. The quantitative estimate of drug-likeness (QED) is 0.452. The van der Waals surface area contributed by atoms with Crippen LogP contribution < -0.4 is 10.5 Å². The summed E-state index contributed by atoms with van der Waals surface area (Å²) in [5.74, 6) is -0.569. The number of hydrogen-bond acceptors (Lipinski definition) is 2. The minimum absolute atomic E-state index is 0.130. The summed E-state index contributed by atoms with van der Waals surface area (Å²) >= 11 is 0. The van der Waals surface area contributed by atoms with Gasteiger partial charge >= 0.3 is 6.18 Å². The molecular weight excluding hydrogens is 291 g/mol. The molecule has 0 amide bonds. The van der Waals surface area contributed by atoms with Gasteiger partial charge in [-0.15, -0.1) is 0 Å². The van der Waals surface area contributed by atoms with Gasteiger partial charge in [0.2, 0.25) is 0 Å². The summed E-state index contributed by atoms with van der Waals surface area (Å²) in [7, 11) is 0. The highest BCUT2D eigenvalue weighted by Gasteiger charge is 2.38. The fourth-order valence-electron chi connectivity index (χ4n) is 2.37. The minimum atomic E-state index is -4.10. The van der Waals surface area contributed by atoms with Crippen molar-refractivity contribution in [1.82, 2.24) is 0 Å². The zero-order chi connectivity index (χ0) is 16.4. The first-order valence-corrected chi connectivity index (χ1v) is 7.98. The monoisotopic (exact) mass is 317 g/mol. The molecule has 0 aliphatic carbocycles. The number of rotatable bonds is 10. The summed E-state index contributed by atoms with van der Waals surface area (Å²) < 4.78 is 44.4. The molecule has 0 saturated heterocycles. The number of anilines is 1. The van der Waals surface area contributed by atoms with Gasteiger partial charge in [0.25, 0.3) is 0 Å². The van der Waals surface area contributed by atoms with Crippen molar-refractivity contribution in [3.8, 4) is 5.75 Å². The van der Waals surface area contributed by atoms with Crippen LogP contribution >= 0.6 is 0 Å². The van der Waals surface area contributed by atoms with E-state index in [4.69, 9.17) is 10.5 Å². The van der Waals surface area contributed by atoms with Crippen LogP contribution in [0.1, 0.15) is 51.9 Å². The molecule has 2 N–H and O–H groups in total. The molecule has 1 atom stereocenters. The van der Waals surface area contributed by atoms with E-state index >= 15 is 0 Å². The number of nitrogens with two attached hydrogens (primary N) is 1. The second kappa shape index (κ2) is 9.59. The Labute approximate surface area is 130 Å². The normalized spacial score (nSPS) is 13.1. The summed E-state index contributed by atoms with van der Waals surface area (Å²) in [4.78, 5) is 0. The second-order valence-electron chi connectivity index (χ2n) is 5.65. The number of alkyl halides is 3. The average Bonchev–Trinajstić information content (AvgIpc) is 2.46. The Kier molecular flexibility index (Phi) is 8.13. The largest absolute Gasteiger partial charge is 0.494 e. The Morgan fingerprint density at radius 2 is 1.64 bits per heavy atom. The molecule has 0 spiro atoms. The van der Waals surface area contributed by atoms with Crippen LogP contribution in [0.3, 0.4) is 0 Å². The number of halogens is 3. The number of ether oxygens (including phenoxy) is 1. The van der Waals surface area contributed by atoms with Crippen molar-refractivity contribution in [2.45, 2.75) is 58.0 Å². The van der Waals surface area contributed by atoms with E-state index in [0.29, 0.717) is 30.9 Å². The third-order valence-electron chi connectivity index (χ3n) is 3.71. The van der Waals surface area contributed by atoms with E-state index in [9.17, 15) is 13.2 Å². The Morgan fingerprint density at radius 1 is 1.00 bits per heavy atom. The predicted molar refractivity (Wildman–Crippen MR) is 83.9 cm³/mol. The smallest absolute Gasteiger partial charge is 0.391 e. The maximum atomic E-state index is 13.0. The molecule has 1 unspecified atom stereocenters. The Balaban J connectivity index is 2.29. The van der Waals surface area contributed by atoms with Gasteiger partial charge in [-0.05, 0) is 43.5 Å². The second-order valence-corrected chi connectivity index (χ2v) is 5.65. The fourth-order valence-corrected chi connectivity index (χ4v) is 2.37. The van der Waals surface area contributed by atoms with Crippen molar-refractivity contribution in [2.24, 2.45) is 5.92 Å². The van der Waals surface area contributed by atoms with Gasteiger partial charge < -0.3 is 10.5 Å². The van der Waals surface area contributed by atoms with E-state index in [0.717, 1.165) is 19.3 Å². The summed E-state index contributed by atoms with van der Waals surface area (Å²) in [6.07, 6.45) is 0.227. The van der Waals surface area contributed by atoms with Gasteiger partial charge in [0.05, 0.1) is 12.5 Å². The lowest BCUT2D eigenvalue weighted by molar-refractivity contribution is -0.179. The van der Waals surface area contributed by atoms with E-state index in [1.165, 1.54) is 0 Å². The van der Waals surface area contributed by atoms with E-state index in [-0.39, 0.29) is 12.8 Å². The standard InChI is InChI=1S/C17H26F3NO/c1-2-3-4-5-7-14(17(18,19)20)8-6-13-22-16-11-9-15(21)10-12-16/h9-12,14H,2-8,13,21H2,1H3. The molecule has 0 saturated carbocycles. The highest BCUT2D eigenvalue weighted by molar-refractivity contribution is 5.41. The molecule has 2 nitrogen and oxygen atoms in total. The van der Waals surface area contributed by atoms with E-state index < -0.39 is 12.1 Å². The fraction of sp³-hybridized carbons (Fsp3) is 0.647. The highest BCUT2D eigenvalue weighted by Crippen LogP contribution is 2.34. The van der Waals surface area contributed by atoms with Gasteiger partial charge in [0.1, 0.15) is 5.75 Å². The number of nitrogen functional groups attached to an aromatic ring is 1.